The summed E-state index contributed by atoms with van der Waals surface area (Å²) in [7, 11) is 0. The van der Waals surface area contributed by atoms with Gasteiger partial charge in [-0.25, -0.2) is 8.78 Å². The Bertz CT molecular complexity index is 452. The lowest BCUT2D eigenvalue weighted by molar-refractivity contribution is 0.457. The molecule has 1 aliphatic rings. The van der Waals surface area contributed by atoms with E-state index in [4.69, 9.17) is 5.73 Å². The first-order valence-electron chi connectivity index (χ1n) is 6.37. The maximum Gasteiger partial charge on any atom is 0.129 e. The summed E-state index contributed by atoms with van der Waals surface area (Å²) in [4.78, 5) is 0. The van der Waals surface area contributed by atoms with Gasteiger partial charge in [0.05, 0.1) is 0 Å². The lowest BCUT2D eigenvalue weighted by Gasteiger charge is -2.14. The van der Waals surface area contributed by atoms with E-state index in [2.05, 4.69) is 27.7 Å². The van der Waals surface area contributed by atoms with E-state index in [0.29, 0.717) is 17.9 Å². The molecule has 1 nitrogen and oxygen atoms in total. The first-order valence-corrected chi connectivity index (χ1v) is 6.37. The van der Waals surface area contributed by atoms with Crippen molar-refractivity contribution in [3.63, 3.8) is 0 Å². The lowest BCUT2D eigenvalue weighted by Crippen LogP contribution is -2.28. The van der Waals surface area contributed by atoms with E-state index in [1.165, 1.54) is 12.1 Å². The Balaban J connectivity index is 2.12. The minimum absolute atomic E-state index is 0.0880. The molecule has 0 bridgehead atoms. The van der Waals surface area contributed by atoms with Gasteiger partial charge in [-0.1, -0.05) is 33.8 Å². The molecule has 3 heteroatoms. The first kappa shape index (κ1) is 13.5. The van der Waals surface area contributed by atoms with E-state index in [1.807, 2.05) is 0 Å². The Labute approximate surface area is 107 Å². The normalized spacial score (nSPS) is 22.8. The Morgan fingerprint density at radius 1 is 1.17 bits per heavy atom. The molecule has 1 aromatic carbocycles. The van der Waals surface area contributed by atoms with Crippen molar-refractivity contribution in [3.8, 4) is 0 Å². The fourth-order valence-electron chi connectivity index (χ4n) is 3.38. The molecule has 0 saturated heterocycles. The Hall–Kier alpha value is -0.960. The molecule has 1 saturated carbocycles. The van der Waals surface area contributed by atoms with E-state index in [-0.39, 0.29) is 16.9 Å². The second-order valence-electron chi connectivity index (χ2n) is 6.52. The minimum atomic E-state index is -0.545. The summed E-state index contributed by atoms with van der Waals surface area (Å²) in [6.07, 6.45) is 0.462. The highest BCUT2D eigenvalue weighted by atomic mass is 19.1. The highest BCUT2D eigenvalue weighted by molar-refractivity contribution is 5.23. The molecule has 0 spiro atoms. The van der Waals surface area contributed by atoms with Gasteiger partial charge < -0.3 is 5.73 Å². The molecule has 1 fully saturated rings. The van der Waals surface area contributed by atoms with Crippen molar-refractivity contribution in [3.05, 3.63) is 35.4 Å². The van der Waals surface area contributed by atoms with Crippen LogP contribution in [0.25, 0.3) is 0 Å². The Morgan fingerprint density at radius 3 is 2.17 bits per heavy atom. The van der Waals surface area contributed by atoms with Gasteiger partial charge in [-0.05, 0) is 34.8 Å². The van der Waals surface area contributed by atoms with Gasteiger partial charge in [-0.15, -0.1) is 0 Å². The summed E-state index contributed by atoms with van der Waals surface area (Å²) in [5.41, 5.74) is 7.08. The molecular formula is C15H21F2N. The maximum atomic E-state index is 13.6. The van der Waals surface area contributed by atoms with Crippen LogP contribution >= 0.6 is 0 Å². The average Bonchev–Trinajstić information content (AvgIpc) is 2.62. The van der Waals surface area contributed by atoms with Crippen LogP contribution in [0, 0.1) is 28.4 Å². The van der Waals surface area contributed by atoms with Gasteiger partial charge in [0.1, 0.15) is 11.6 Å². The highest BCUT2D eigenvalue weighted by Gasteiger charge is 2.66. The summed E-state index contributed by atoms with van der Waals surface area (Å²) in [6, 6.07) is 3.61. The molecular weight excluding hydrogens is 232 g/mol. The van der Waals surface area contributed by atoms with Crippen molar-refractivity contribution >= 4 is 0 Å². The maximum absolute atomic E-state index is 13.6. The number of rotatable bonds is 3. The zero-order valence-electron chi connectivity index (χ0n) is 11.4. The largest absolute Gasteiger partial charge is 0.327 e. The molecule has 0 heterocycles. The van der Waals surface area contributed by atoms with Crippen LogP contribution < -0.4 is 5.73 Å². The van der Waals surface area contributed by atoms with Crippen molar-refractivity contribution in [2.75, 3.05) is 0 Å². The van der Waals surface area contributed by atoms with Crippen molar-refractivity contribution in [2.45, 2.75) is 40.2 Å². The van der Waals surface area contributed by atoms with E-state index >= 15 is 0 Å². The van der Waals surface area contributed by atoms with Crippen molar-refractivity contribution in [1.29, 1.82) is 0 Å². The molecule has 0 radical (unpaired) electrons. The van der Waals surface area contributed by atoms with Crippen LogP contribution in [0.4, 0.5) is 8.78 Å². The zero-order valence-corrected chi connectivity index (χ0v) is 11.4. The van der Waals surface area contributed by atoms with Crippen LogP contribution in [0.3, 0.4) is 0 Å². The predicted molar refractivity (Wildman–Crippen MR) is 69.1 cm³/mol. The molecule has 0 amide bonds. The topological polar surface area (TPSA) is 26.0 Å². The molecule has 2 N–H and O–H groups in total. The van der Waals surface area contributed by atoms with Crippen LogP contribution in [0.2, 0.25) is 0 Å². The average molecular weight is 253 g/mol. The van der Waals surface area contributed by atoms with Gasteiger partial charge in [0.25, 0.3) is 0 Å². The molecule has 100 valence electrons. The van der Waals surface area contributed by atoms with Crippen LogP contribution in [0.1, 0.15) is 33.3 Å². The number of benzene rings is 1. The third kappa shape index (κ3) is 1.95. The molecule has 1 aromatic rings. The molecule has 1 aliphatic carbocycles. The molecule has 0 aliphatic heterocycles. The summed E-state index contributed by atoms with van der Waals surface area (Å²) < 4.78 is 26.4. The molecule has 2 rings (SSSR count). The smallest absolute Gasteiger partial charge is 0.129 e. The molecule has 1 atom stereocenters. The predicted octanol–water partition coefficient (Wildman–Crippen LogP) is 3.52. The number of halogens is 2. The summed E-state index contributed by atoms with van der Waals surface area (Å²) in [5, 5.41) is 0. The zero-order chi connectivity index (χ0) is 13.7. The van der Waals surface area contributed by atoms with E-state index in [9.17, 15) is 8.78 Å². The summed E-state index contributed by atoms with van der Waals surface area (Å²) in [6.45, 7) is 8.77. The Morgan fingerprint density at radius 2 is 1.72 bits per heavy atom. The SMILES string of the molecule is CC1(C)C(C(N)Cc2ccc(F)cc2F)C1(C)C. The standard InChI is InChI=1S/C15H21F2N/c1-14(2)13(15(14,3)4)12(18)7-9-5-6-10(16)8-11(9)17/h5-6,8,12-13H,7,18H2,1-4H3. The fraction of sp³-hybridized carbons (Fsp3) is 0.600. The van der Waals surface area contributed by atoms with Gasteiger partial charge >= 0.3 is 0 Å². The summed E-state index contributed by atoms with van der Waals surface area (Å²) in [5.74, 6) is -0.673. The fourth-order valence-corrected chi connectivity index (χ4v) is 3.38. The summed E-state index contributed by atoms with van der Waals surface area (Å²) >= 11 is 0. The minimum Gasteiger partial charge on any atom is -0.327 e. The second kappa shape index (κ2) is 4.02. The molecule has 1 unspecified atom stereocenters. The van der Waals surface area contributed by atoms with E-state index in [0.717, 1.165) is 6.07 Å². The van der Waals surface area contributed by atoms with Crippen LogP contribution in [0.5, 0.6) is 0 Å². The second-order valence-corrected chi connectivity index (χ2v) is 6.52. The van der Waals surface area contributed by atoms with Gasteiger partial charge in [0.2, 0.25) is 0 Å². The van der Waals surface area contributed by atoms with Crippen molar-refractivity contribution in [1.82, 2.24) is 0 Å². The van der Waals surface area contributed by atoms with Gasteiger partial charge in [-0.2, -0.15) is 0 Å². The monoisotopic (exact) mass is 253 g/mol. The number of hydrogen-bond donors (Lipinski definition) is 1. The lowest BCUT2D eigenvalue weighted by atomic mass is 9.97. The Kier molecular flexibility index (Phi) is 3.01. The van der Waals surface area contributed by atoms with Crippen molar-refractivity contribution < 1.29 is 8.78 Å². The third-order valence-electron chi connectivity index (χ3n) is 5.03. The molecule has 0 aromatic heterocycles. The van der Waals surface area contributed by atoms with Crippen LogP contribution in [-0.4, -0.2) is 6.04 Å². The van der Waals surface area contributed by atoms with E-state index < -0.39 is 11.6 Å². The number of nitrogens with two attached hydrogens (primary N) is 1. The van der Waals surface area contributed by atoms with Crippen LogP contribution in [0.15, 0.2) is 18.2 Å². The van der Waals surface area contributed by atoms with E-state index in [1.54, 1.807) is 0 Å². The third-order valence-corrected chi connectivity index (χ3v) is 5.03. The van der Waals surface area contributed by atoms with Gasteiger partial charge in [0.15, 0.2) is 0 Å². The van der Waals surface area contributed by atoms with Crippen LogP contribution in [-0.2, 0) is 6.42 Å². The first-order chi connectivity index (χ1) is 8.18. The van der Waals surface area contributed by atoms with Gasteiger partial charge in [0, 0.05) is 12.1 Å². The van der Waals surface area contributed by atoms with Crippen molar-refractivity contribution in [2.24, 2.45) is 22.5 Å². The highest BCUT2D eigenvalue weighted by Crippen LogP contribution is 2.69. The number of hydrogen-bond acceptors (Lipinski definition) is 1. The van der Waals surface area contributed by atoms with Gasteiger partial charge in [-0.3, -0.25) is 0 Å². The molecule has 18 heavy (non-hydrogen) atoms. The quantitative estimate of drug-likeness (QED) is 0.876.